The Morgan fingerprint density at radius 2 is 1.21 bits per heavy atom. The van der Waals surface area contributed by atoms with E-state index in [4.69, 9.17) is 14.2 Å². The van der Waals surface area contributed by atoms with Gasteiger partial charge in [0, 0.05) is 0 Å². The number of phenolic OH excluding ortho intramolecular Hbond substituents is 6. The van der Waals surface area contributed by atoms with Gasteiger partial charge >= 0.3 is 11.9 Å². The van der Waals surface area contributed by atoms with Gasteiger partial charge in [-0.05, 0) is 24.3 Å². The highest BCUT2D eigenvalue weighted by atomic mass is 16.7. The van der Waals surface area contributed by atoms with Crippen LogP contribution in [0, 0.1) is 0 Å². The number of aliphatic hydroxyl groups excluding tert-OH is 2. The molecule has 1 fully saturated rings. The fourth-order valence-corrected chi connectivity index (χ4v) is 3.06. The van der Waals surface area contributed by atoms with E-state index < -0.39 is 89.3 Å². The average molecular weight is 484 g/mol. The number of phenols is 6. The predicted molar refractivity (Wildman–Crippen MR) is 105 cm³/mol. The summed E-state index contributed by atoms with van der Waals surface area (Å²) in [6.07, 6.45) is -5.53. The predicted octanol–water partition coefficient (Wildman–Crippen LogP) is -1.26. The van der Waals surface area contributed by atoms with Crippen molar-refractivity contribution in [1.29, 1.82) is 0 Å². The maximum atomic E-state index is 12.1. The van der Waals surface area contributed by atoms with Crippen LogP contribution < -0.4 is 0 Å². The van der Waals surface area contributed by atoms with Crippen LogP contribution in [0.4, 0.5) is 0 Å². The van der Waals surface area contributed by atoms with E-state index >= 15 is 0 Å². The largest absolute Gasteiger partial charge is 0.504 e. The Morgan fingerprint density at radius 3 is 1.65 bits per heavy atom. The highest BCUT2D eigenvalue weighted by Gasteiger charge is 2.56. The maximum Gasteiger partial charge on any atom is 0.338 e. The third kappa shape index (κ3) is 4.55. The molecule has 0 unspecified atom stereocenters. The minimum absolute atomic E-state index is 0.370. The van der Waals surface area contributed by atoms with E-state index in [1.807, 2.05) is 0 Å². The second-order valence-electron chi connectivity index (χ2n) is 7.36. The molecule has 1 heterocycles. The van der Waals surface area contributed by atoms with Crippen molar-refractivity contribution in [2.75, 3.05) is 13.2 Å². The highest BCUT2D eigenvalue weighted by Crippen LogP contribution is 2.37. The maximum absolute atomic E-state index is 12.1. The summed E-state index contributed by atoms with van der Waals surface area (Å²) in [7, 11) is 0. The minimum atomic E-state index is -2.57. The van der Waals surface area contributed by atoms with Gasteiger partial charge in [-0.3, -0.25) is 0 Å². The van der Waals surface area contributed by atoms with Crippen LogP contribution in [0.25, 0.3) is 0 Å². The summed E-state index contributed by atoms with van der Waals surface area (Å²) >= 11 is 0. The van der Waals surface area contributed by atoms with E-state index in [2.05, 4.69) is 0 Å². The third-order valence-corrected chi connectivity index (χ3v) is 5.02. The molecule has 0 aromatic heterocycles. The summed E-state index contributed by atoms with van der Waals surface area (Å²) in [6, 6.07) is 3.13. The normalized spacial score (nSPS) is 24.0. The molecule has 0 saturated carbocycles. The summed E-state index contributed by atoms with van der Waals surface area (Å²) in [6.45, 7) is -1.75. The van der Waals surface area contributed by atoms with Crippen molar-refractivity contribution in [3.63, 3.8) is 0 Å². The first-order valence-electron chi connectivity index (χ1n) is 9.43. The minimum Gasteiger partial charge on any atom is -0.504 e. The number of aliphatic hydroxyl groups is 3. The van der Waals surface area contributed by atoms with Gasteiger partial charge in [0.15, 0.2) is 46.4 Å². The summed E-state index contributed by atoms with van der Waals surface area (Å²) in [4.78, 5) is 24.2. The van der Waals surface area contributed by atoms with Crippen molar-refractivity contribution in [3.05, 3.63) is 35.4 Å². The fraction of sp³-hybridized carbons (Fsp3) is 0.300. The van der Waals surface area contributed by atoms with Gasteiger partial charge in [0.2, 0.25) is 0 Å². The molecule has 0 aliphatic carbocycles. The number of benzene rings is 2. The van der Waals surface area contributed by atoms with E-state index in [9.17, 15) is 55.5 Å². The Kier molecular flexibility index (Phi) is 6.60. The number of esters is 2. The summed E-state index contributed by atoms with van der Waals surface area (Å²) in [5.74, 6) is -7.31. The Morgan fingerprint density at radius 1 is 0.794 bits per heavy atom. The zero-order valence-electron chi connectivity index (χ0n) is 17.0. The molecule has 1 saturated heterocycles. The topological polar surface area (TPSA) is 244 Å². The van der Waals surface area contributed by atoms with Crippen molar-refractivity contribution in [3.8, 4) is 34.5 Å². The number of carbonyl (C=O) groups excluding carboxylic acids is 2. The molecule has 0 radical (unpaired) electrons. The molecule has 14 nitrogen and oxygen atoms in total. The highest BCUT2D eigenvalue weighted by molar-refractivity contribution is 5.91. The molecule has 184 valence electrons. The van der Waals surface area contributed by atoms with Crippen molar-refractivity contribution < 1.29 is 69.8 Å². The lowest BCUT2D eigenvalue weighted by atomic mass is 9.96. The number of carbonyl (C=O) groups is 2. The molecular weight excluding hydrogens is 464 g/mol. The van der Waals surface area contributed by atoms with Crippen LogP contribution in [-0.2, 0) is 14.2 Å². The monoisotopic (exact) mass is 484 g/mol. The SMILES string of the molecule is O=C(OC[C@H]1O[C@H](O)[C@@](O)(COC(=O)c2cc(O)c(O)c(O)c2)[C@@H]1O)c1cc(O)c(O)c(O)c1. The first-order valence-corrected chi connectivity index (χ1v) is 9.43. The molecule has 14 heteroatoms. The van der Waals surface area contributed by atoms with Gasteiger partial charge in [0.25, 0.3) is 0 Å². The third-order valence-electron chi connectivity index (χ3n) is 5.02. The lowest BCUT2D eigenvalue weighted by Gasteiger charge is -2.27. The average Bonchev–Trinajstić information content (AvgIpc) is 3.00. The van der Waals surface area contributed by atoms with Crippen molar-refractivity contribution in [1.82, 2.24) is 0 Å². The van der Waals surface area contributed by atoms with Gasteiger partial charge < -0.3 is 60.2 Å². The summed E-state index contributed by atoms with van der Waals surface area (Å²) in [5, 5.41) is 87.4. The van der Waals surface area contributed by atoms with Crippen molar-refractivity contribution >= 4 is 11.9 Å². The molecule has 2 aromatic carbocycles. The zero-order chi connectivity index (χ0) is 25.4. The van der Waals surface area contributed by atoms with Gasteiger partial charge in [-0.15, -0.1) is 0 Å². The Balaban J connectivity index is 1.63. The number of hydrogen-bond acceptors (Lipinski definition) is 14. The number of hydrogen-bond donors (Lipinski definition) is 9. The molecule has 0 bridgehead atoms. The lowest BCUT2D eigenvalue weighted by Crippen LogP contribution is -2.52. The standard InChI is InChI=1S/C20H20O14/c21-9-1-7(2-10(22)14(9)25)17(28)32-5-13-16(27)20(31,19(30)34-13)6-33-18(29)8-3-11(23)15(26)12(24)4-8/h1-4,13,16,19,21-27,30-31H,5-6H2/t13-,16-,19+,20-/m1/s1. The molecule has 1 aliphatic heterocycles. The quantitative estimate of drug-likeness (QED) is 0.172. The molecule has 1 aliphatic rings. The van der Waals surface area contributed by atoms with E-state index in [1.165, 1.54) is 0 Å². The molecule has 0 amide bonds. The first-order chi connectivity index (χ1) is 15.8. The van der Waals surface area contributed by atoms with Crippen LogP contribution >= 0.6 is 0 Å². The number of ether oxygens (including phenoxy) is 3. The van der Waals surface area contributed by atoms with Crippen molar-refractivity contribution in [2.45, 2.75) is 24.1 Å². The smallest absolute Gasteiger partial charge is 0.338 e. The van der Waals surface area contributed by atoms with Crippen LogP contribution in [0.5, 0.6) is 34.5 Å². The van der Waals surface area contributed by atoms with Gasteiger partial charge in [0.1, 0.15) is 25.4 Å². The van der Waals surface area contributed by atoms with Crippen LogP contribution in [0.15, 0.2) is 24.3 Å². The van der Waals surface area contributed by atoms with E-state index in [0.717, 1.165) is 24.3 Å². The molecule has 4 atom stereocenters. The Bertz CT molecular complexity index is 1070. The van der Waals surface area contributed by atoms with Gasteiger partial charge in [-0.25, -0.2) is 9.59 Å². The van der Waals surface area contributed by atoms with E-state index in [-0.39, 0.29) is 5.56 Å². The molecule has 0 spiro atoms. The Labute approximate surface area is 189 Å². The second-order valence-corrected chi connectivity index (χ2v) is 7.36. The molecule has 34 heavy (non-hydrogen) atoms. The summed E-state index contributed by atoms with van der Waals surface area (Å²) < 4.78 is 14.6. The van der Waals surface area contributed by atoms with Gasteiger partial charge in [0.05, 0.1) is 11.1 Å². The fourth-order valence-electron chi connectivity index (χ4n) is 3.06. The molecule has 2 aromatic rings. The lowest BCUT2D eigenvalue weighted by molar-refractivity contribution is -0.191. The molecular formula is C20H20O14. The van der Waals surface area contributed by atoms with Crippen LogP contribution in [0.3, 0.4) is 0 Å². The zero-order valence-corrected chi connectivity index (χ0v) is 17.0. The van der Waals surface area contributed by atoms with Crippen LogP contribution in [0.1, 0.15) is 20.7 Å². The Hall–Kier alpha value is -3.98. The van der Waals surface area contributed by atoms with Gasteiger partial charge in [-0.1, -0.05) is 0 Å². The van der Waals surface area contributed by atoms with Crippen molar-refractivity contribution in [2.24, 2.45) is 0 Å². The number of rotatable bonds is 6. The summed E-state index contributed by atoms with van der Waals surface area (Å²) in [5.41, 5.74) is -3.36. The van der Waals surface area contributed by atoms with Gasteiger partial charge in [-0.2, -0.15) is 0 Å². The van der Waals surface area contributed by atoms with E-state index in [1.54, 1.807) is 0 Å². The molecule has 9 N–H and O–H groups in total. The van der Waals surface area contributed by atoms with Crippen LogP contribution in [-0.4, -0.2) is 95.2 Å². The number of aromatic hydroxyl groups is 6. The first kappa shape index (κ1) is 24.7. The van der Waals surface area contributed by atoms with E-state index in [0.29, 0.717) is 0 Å². The molecule has 3 rings (SSSR count). The second kappa shape index (κ2) is 9.11. The van der Waals surface area contributed by atoms with Crippen LogP contribution in [0.2, 0.25) is 0 Å².